The summed E-state index contributed by atoms with van der Waals surface area (Å²) in [4.78, 5) is 12.4. The molecule has 132 valence electrons. The lowest BCUT2D eigenvalue weighted by Crippen LogP contribution is -2.38. The van der Waals surface area contributed by atoms with Gasteiger partial charge in [-0.15, -0.1) is 0 Å². The first-order valence-electron chi connectivity index (χ1n) is 8.24. The van der Waals surface area contributed by atoms with Crippen LogP contribution in [0.3, 0.4) is 0 Å². The molecule has 1 aliphatic rings. The molecule has 1 aliphatic heterocycles. The van der Waals surface area contributed by atoms with Gasteiger partial charge in [0.25, 0.3) is 0 Å². The highest BCUT2D eigenvalue weighted by atomic mass is 19.1. The van der Waals surface area contributed by atoms with Crippen LogP contribution >= 0.6 is 0 Å². The predicted molar refractivity (Wildman–Crippen MR) is 93.3 cm³/mol. The van der Waals surface area contributed by atoms with Crippen LogP contribution in [0.5, 0.6) is 5.75 Å². The summed E-state index contributed by atoms with van der Waals surface area (Å²) >= 11 is 0. The van der Waals surface area contributed by atoms with Gasteiger partial charge in [-0.3, -0.25) is 0 Å². The maximum absolute atomic E-state index is 13.2. The lowest BCUT2D eigenvalue weighted by atomic mass is 9.99. The van der Waals surface area contributed by atoms with Gasteiger partial charge >= 0.3 is 6.03 Å². The van der Waals surface area contributed by atoms with E-state index in [-0.39, 0.29) is 24.0 Å². The van der Waals surface area contributed by atoms with E-state index in [1.54, 1.807) is 43.5 Å². The molecule has 2 unspecified atom stereocenters. The number of benzene rings is 2. The van der Waals surface area contributed by atoms with Gasteiger partial charge < -0.3 is 20.1 Å². The van der Waals surface area contributed by atoms with E-state index in [0.717, 1.165) is 18.4 Å². The van der Waals surface area contributed by atoms with Crippen LogP contribution in [0.25, 0.3) is 0 Å². The fourth-order valence-corrected chi connectivity index (χ4v) is 2.94. The molecule has 3 rings (SSSR count). The van der Waals surface area contributed by atoms with Crippen molar-refractivity contribution in [3.63, 3.8) is 0 Å². The lowest BCUT2D eigenvalue weighted by Gasteiger charge is -2.25. The van der Waals surface area contributed by atoms with Crippen LogP contribution in [0.1, 0.15) is 24.4 Å². The van der Waals surface area contributed by atoms with Crippen LogP contribution in [0.2, 0.25) is 0 Å². The Kier molecular flexibility index (Phi) is 5.50. The zero-order valence-electron chi connectivity index (χ0n) is 14.0. The molecule has 2 aromatic carbocycles. The first kappa shape index (κ1) is 17.2. The number of hydrogen-bond donors (Lipinski definition) is 2. The highest BCUT2D eigenvalue weighted by Gasteiger charge is 2.28. The Morgan fingerprint density at radius 2 is 2.08 bits per heavy atom. The fourth-order valence-electron chi connectivity index (χ4n) is 2.94. The quantitative estimate of drug-likeness (QED) is 0.865. The van der Waals surface area contributed by atoms with Crippen molar-refractivity contribution in [3.8, 4) is 5.75 Å². The lowest BCUT2D eigenvalue weighted by molar-refractivity contribution is 0.0815. The Labute approximate surface area is 146 Å². The molecule has 0 bridgehead atoms. The van der Waals surface area contributed by atoms with E-state index >= 15 is 0 Å². The van der Waals surface area contributed by atoms with Gasteiger partial charge in [0.1, 0.15) is 11.6 Å². The van der Waals surface area contributed by atoms with Gasteiger partial charge in [-0.05, 0) is 42.7 Å². The summed E-state index contributed by atoms with van der Waals surface area (Å²) in [5.74, 6) is 0.350. The standard InChI is InChI=1S/C19H21FN2O3/c1-24-16-5-2-4-15(12-16)21-19(23)22-18(17-6-3-11-25-17)13-7-9-14(20)10-8-13/h2,4-5,7-10,12,17-18H,3,6,11H2,1H3,(H2,21,22,23). The zero-order chi connectivity index (χ0) is 17.6. The van der Waals surface area contributed by atoms with Gasteiger partial charge in [-0.1, -0.05) is 18.2 Å². The zero-order valence-corrected chi connectivity index (χ0v) is 14.0. The number of halogens is 1. The number of hydrogen-bond acceptors (Lipinski definition) is 3. The molecule has 0 radical (unpaired) electrons. The number of nitrogens with one attached hydrogen (secondary N) is 2. The maximum atomic E-state index is 13.2. The topological polar surface area (TPSA) is 59.6 Å². The minimum absolute atomic E-state index is 0.124. The monoisotopic (exact) mass is 344 g/mol. The third kappa shape index (κ3) is 4.48. The van der Waals surface area contributed by atoms with Crippen molar-refractivity contribution in [2.45, 2.75) is 25.0 Å². The van der Waals surface area contributed by atoms with E-state index in [0.29, 0.717) is 18.0 Å². The molecule has 1 fully saturated rings. The predicted octanol–water partition coefficient (Wildman–Crippen LogP) is 3.88. The molecule has 1 heterocycles. The van der Waals surface area contributed by atoms with Crippen molar-refractivity contribution >= 4 is 11.7 Å². The molecular weight excluding hydrogens is 323 g/mol. The molecule has 6 heteroatoms. The van der Waals surface area contributed by atoms with E-state index in [4.69, 9.17) is 9.47 Å². The molecule has 2 amide bonds. The smallest absolute Gasteiger partial charge is 0.319 e. The molecular formula is C19H21FN2O3. The Morgan fingerprint density at radius 1 is 1.28 bits per heavy atom. The average molecular weight is 344 g/mol. The summed E-state index contributed by atoms with van der Waals surface area (Å²) < 4.78 is 24.1. The van der Waals surface area contributed by atoms with E-state index in [2.05, 4.69) is 10.6 Å². The third-order valence-corrected chi connectivity index (χ3v) is 4.18. The number of ether oxygens (including phenoxy) is 2. The van der Waals surface area contributed by atoms with Crippen molar-refractivity contribution in [1.82, 2.24) is 5.32 Å². The van der Waals surface area contributed by atoms with Gasteiger partial charge in [0.05, 0.1) is 19.3 Å². The molecule has 0 aliphatic carbocycles. The van der Waals surface area contributed by atoms with E-state index < -0.39 is 0 Å². The highest BCUT2D eigenvalue weighted by Crippen LogP contribution is 2.27. The molecule has 0 spiro atoms. The van der Waals surface area contributed by atoms with Crippen LogP contribution in [0.4, 0.5) is 14.9 Å². The molecule has 2 N–H and O–H groups in total. The summed E-state index contributed by atoms with van der Waals surface area (Å²) in [6.07, 6.45) is 1.67. The van der Waals surface area contributed by atoms with Gasteiger partial charge in [0.15, 0.2) is 0 Å². The Morgan fingerprint density at radius 3 is 2.76 bits per heavy atom. The van der Waals surface area contributed by atoms with Gasteiger partial charge in [0.2, 0.25) is 0 Å². The summed E-state index contributed by atoms with van der Waals surface area (Å²) in [5.41, 5.74) is 1.44. The van der Waals surface area contributed by atoms with Crippen LogP contribution in [-0.4, -0.2) is 25.9 Å². The molecule has 1 saturated heterocycles. The van der Waals surface area contributed by atoms with Crippen molar-refractivity contribution in [1.29, 1.82) is 0 Å². The van der Waals surface area contributed by atoms with Crippen molar-refractivity contribution in [3.05, 3.63) is 59.9 Å². The normalized spacial score (nSPS) is 17.8. The second kappa shape index (κ2) is 7.98. The van der Waals surface area contributed by atoms with Crippen molar-refractivity contribution in [2.75, 3.05) is 19.0 Å². The fraction of sp³-hybridized carbons (Fsp3) is 0.316. The van der Waals surface area contributed by atoms with Crippen LogP contribution in [0.15, 0.2) is 48.5 Å². The summed E-state index contributed by atoms with van der Waals surface area (Å²) in [6.45, 7) is 0.668. The number of anilines is 1. The first-order chi connectivity index (χ1) is 12.2. The SMILES string of the molecule is COc1cccc(NC(=O)NC(c2ccc(F)cc2)C2CCCO2)c1. The van der Waals surface area contributed by atoms with Gasteiger partial charge in [-0.25, -0.2) is 9.18 Å². The molecule has 0 aromatic heterocycles. The second-order valence-corrected chi connectivity index (χ2v) is 5.91. The van der Waals surface area contributed by atoms with Crippen molar-refractivity contribution < 1.29 is 18.7 Å². The molecule has 5 nitrogen and oxygen atoms in total. The number of urea groups is 1. The van der Waals surface area contributed by atoms with E-state index in [9.17, 15) is 9.18 Å². The molecule has 25 heavy (non-hydrogen) atoms. The molecule has 2 aromatic rings. The first-order valence-corrected chi connectivity index (χ1v) is 8.24. The van der Waals surface area contributed by atoms with Crippen LogP contribution in [-0.2, 0) is 4.74 Å². The molecule has 0 saturated carbocycles. The van der Waals surface area contributed by atoms with Crippen LogP contribution < -0.4 is 15.4 Å². The number of rotatable bonds is 5. The number of carbonyl (C=O) groups excluding carboxylic acids is 1. The third-order valence-electron chi connectivity index (χ3n) is 4.18. The summed E-state index contributed by atoms with van der Waals surface area (Å²) in [6, 6.07) is 12.5. The number of methoxy groups -OCH3 is 1. The second-order valence-electron chi connectivity index (χ2n) is 5.91. The largest absolute Gasteiger partial charge is 0.497 e. The van der Waals surface area contributed by atoms with E-state index in [1.807, 2.05) is 0 Å². The summed E-state index contributed by atoms with van der Waals surface area (Å²) in [7, 11) is 1.57. The maximum Gasteiger partial charge on any atom is 0.319 e. The minimum atomic E-state index is -0.349. The number of carbonyl (C=O) groups is 1. The Balaban J connectivity index is 1.72. The van der Waals surface area contributed by atoms with E-state index in [1.165, 1.54) is 12.1 Å². The average Bonchev–Trinajstić information content (AvgIpc) is 3.15. The van der Waals surface area contributed by atoms with Crippen molar-refractivity contribution in [2.24, 2.45) is 0 Å². The minimum Gasteiger partial charge on any atom is -0.497 e. The van der Waals surface area contributed by atoms with Gasteiger partial charge in [-0.2, -0.15) is 0 Å². The Hall–Kier alpha value is -2.60. The number of amides is 2. The van der Waals surface area contributed by atoms with Crippen LogP contribution in [0, 0.1) is 5.82 Å². The Bertz CT molecular complexity index is 715. The van der Waals surface area contributed by atoms with Gasteiger partial charge in [0, 0.05) is 18.4 Å². The summed E-state index contributed by atoms with van der Waals surface area (Å²) in [5, 5.41) is 5.73. The highest BCUT2D eigenvalue weighted by molar-refractivity contribution is 5.89. The molecule has 2 atom stereocenters.